The van der Waals surface area contributed by atoms with Crippen LogP contribution in [0.15, 0.2) is 22.7 Å². The molecule has 1 aliphatic heterocycles. The summed E-state index contributed by atoms with van der Waals surface area (Å²) >= 11 is 3.52. The van der Waals surface area contributed by atoms with Crippen LogP contribution in [-0.2, 0) is 11.2 Å². The number of hydrogen-bond acceptors (Lipinski definition) is 3. The van der Waals surface area contributed by atoms with Crippen LogP contribution in [0, 0.1) is 6.92 Å². The van der Waals surface area contributed by atoms with Crippen molar-refractivity contribution in [1.82, 2.24) is 10.6 Å². The molecule has 3 nitrogen and oxygen atoms in total. The zero-order valence-corrected chi connectivity index (χ0v) is 12.4. The quantitative estimate of drug-likeness (QED) is 0.815. The van der Waals surface area contributed by atoms with Crippen molar-refractivity contribution in [3.63, 3.8) is 0 Å². The van der Waals surface area contributed by atoms with Crippen LogP contribution >= 0.6 is 15.9 Å². The molecule has 2 N–H and O–H groups in total. The van der Waals surface area contributed by atoms with Gasteiger partial charge in [0.25, 0.3) is 0 Å². The fourth-order valence-corrected chi connectivity index (χ4v) is 2.55. The Hall–Kier alpha value is -0.420. The molecule has 18 heavy (non-hydrogen) atoms. The maximum absolute atomic E-state index is 5.64. The molecular formula is C14H21BrN2O. The molecule has 100 valence electrons. The molecule has 1 aromatic carbocycles. The van der Waals surface area contributed by atoms with E-state index in [9.17, 15) is 0 Å². The zero-order chi connectivity index (χ0) is 12.8. The summed E-state index contributed by atoms with van der Waals surface area (Å²) in [6.45, 7) is 6.86. The van der Waals surface area contributed by atoms with E-state index in [1.54, 1.807) is 0 Å². The third-order valence-corrected chi connectivity index (χ3v) is 3.75. The maximum Gasteiger partial charge on any atom is 0.0824 e. The van der Waals surface area contributed by atoms with Crippen LogP contribution in [0.1, 0.15) is 11.1 Å². The Kier molecular flexibility index (Phi) is 5.63. The van der Waals surface area contributed by atoms with E-state index in [4.69, 9.17) is 4.74 Å². The highest BCUT2D eigenvalue weighted by Crippen LogP contribution is 2.16. The van der Waals surface area contributed by atoms with Crippen molar-refractivity contribution in [3.05, 3.63) is 33.8 Å². The third kappa shape index (κ3) is 4.35. The normalized spacial score (nSPS) is 20.0. The molecule has 1 fully saturated rings. The Morgan fingerprint density at radius 1 is 1.50 bits per heavy atom. The first-order chi connectivity index (χ1) is 8.75. The van der Waals surface area contributed by atoms with E-state index >= 15 is 0 Å². The Bertz CT molecular complexity index is 378. The van der Waals surface area contributed by atoms with E-state index in [0.29, 0.717) is 6.10 Å². The summed E-state index contributed by atoms with van der Waals surface area (Å²) in [7, 11) is 0. The molecule has 0 spiro atoms. The Morgan fingerprint density at radius 3 is 3.17 bits per heavy atom. The highest BCUT2D eigenvalue weighted by molar-refractivity contribution is 9.10. The lowest BCUT2D eigenvalue weighted by Crippen LogP contribution is -2.44. The van der Waals surface area contributed by atoms with E-state index in [1.165, 1.54) is 11.1 Å². The van der Waals surface area contributed by atoms with Gasteiger partial charge in [-0.3, -0.25) is 0 Å². The lowest BCUT2D eigenvalue weighted by Gasteiger charge is -2.23. The largest absolute Gasteiger partial charge is 0.374 e. The Morgan fingerprint density at radius 2 is 2.39 bits per heavy atom. The van der Waals surface area contributed by atoms with Crippen LogP contribution < -0.4 is 10.6 Å². The van der Waals surface area contributed by atoms with Crippen LogP contribution in [0.3, 0.4) is 0 Å². The second kappa shape index (κ2) is 7.24. The van der Waals surface area contributed by atoms with Crippen molar-refractivity contribution in [2.75, 3.05) is 32.8 Å². The lowest BCUT2D eigenvalue weighted by atomic mass is 10.1. The fraction of sp³-hybridized carbons (Fsp3) is 0.571. The average molecular weight is 313 g/mol. The van der Waals surface area contributed by atoms with Gasteiger partial charge in [0, 0.05) is 24.1 Å². The van der Waals surface area contributed by atoms with E-state index in [0.717, 1.165) is 43.7 Å². The highest BCUT2D eigenvalue weighted by Gasteiger charge is 2.12. The molecule has 2 rings (SSSR count). The minimum atomic E-state index is 0.322. The molecule has 0 amide bonds. The summed E-state index contributed by atoms with van der Waals surface area (Å²) in [5.41, 5.74) is 2.76. The first-order valence-electron chi connectivity index (χ1n) is 6.54. The number of halogens is 1. The summed E-state index contributed by atoms with van der Waals surface area (Å²) < 4.78 is 6.80. The van der Waals surface area contributed by atoms with E-state index in [1.807, 2.05) is 0 Å². The van der Waals surface area contributed by atoms with Crippen molar-refractivity contribution in [2.24, 2.45) is 0 Å². The molecular weight excluding hydrogens is 292 g/mol. The van der Waals surface area contributed by atoms with Crippen LogP contribution in [-0.4, -0.2) is 38.9 Å². The number of morpholine rings is 1. The fourth-order valence-electron chi connectivity index (χ4n) is 2.15. The van der Waals surface area contributed by atoms with Crippen LogP contribution in [0.2, 0.25) is 0 Å². The number of benzene rings is 1. The molecule has 0 saturated carbocycles. The van der Waals surface area contributed by atoms with Crippen LogP contribution in [0.25, 0.3) is 0 Å². The molecule has 1 aromatic rings. The van der Waals surface area contributed by atoms with Gasteiger partial charge in [0.05, 0.1) is 12.7 Å². The highest BCUT2D eigenvalue weighted by atomic mass is 79.9. The van der Waals surface area contributed by atoms with Gasteiger partial charge in [-0.05, 0) is 43.1 Å². The third-order valence-electron chi connectivity index (χ3n) is 3.26. The lowest BCUT2D eigenvalue weighted by molar-refractivity contribution is 0.0294. The Balaban J connectivity index is 1.69. The number of aryl methyl sites for hydroxylation is 1. The van der Waals surface area contributed by atoms with Crippen molar-refractivity contribution >= 4 is 15.9 Å². The standard InChI is InChI=1S/C14H21BrN2O/c1-11-2-3-13(15)8-12(11)4-5-16-9-14-10-17-6-7-18-14/h2-3,8,14,16-17H,4-7,9-10H2,1H3. The molecule has 4 heteroatoms. The van der Waals surface area contributed by atoms with Crippen molar-refractivity contribution in [3.8, 4) is 0 Å². The average Bonchev–Trinajstić information content (AvgIpc) is 2.40. The van der Waals surface area contributed by atoms with E-state index < -0.39 is 0 Å². The predicted molar refractivity (Wildman–Crippen MR) is 78.1 cm³/mol. The van der Waals surface area contributed by atoms with Crippen LogP contribution in [0.5, 0.6) is 0 Å². The van der Waals surface area contributed by atoms with Crippen LogP contribution in [0.4, 0.5) is 0 Å². The van der Waals surface area contributed by atoms with Crippen molar-refractivity contribution < 1.29 is 4.74 Å². The van der Waals surface area contributed by atoms with Gasteiger partial charge in [-0.2, -0.15) is 0 Å². The van der Waals surface area contributed by atoms with Gasteiger partial charge in [0.2, 0.25) is 0 Å². The van der Waals surface area contributed by atoms with Gasteiger partial charge in [-0.15, -0.1) is 0 Å². The molecule has 0 aliphatic carbocycles. The maximum atomic E-state index is 5.64. The molecule has 1 aliphatic rings. The molecule has 1 saturated heterocycles. The monoisotopic (exact) mass is 312 g/mol. The molecule has 0 aromatic heterocycles. The van der Waals surface area contributed by atoms with Gasteiger partial charge >= 0.3 is 0 Å². The number of ether oxygens (including phenoxy) is 1. The number of nitrogens with one attached hydrogen (secondary N) is 2. The van der Waals surface area contributed by atoms with Crippen molar-refractivity contribution in [1.29, 1.82) is 0 Å². The van der Waals surface area contributed by atoms with Gasteiger partial charge in [-0.1, -0.05) is 22.0 Å². The Labute approximate surface area is 117 Å². The predicted octanol–water partition coefficient (Wildman–Crippen LogP) is 1.88. The smallest absolute Gasteiger partial charge is 0.0824 e. The van der Waals surface area contributed by atoms with Gasteiger partial charge in [0.15, 0.2) is 0 Å². The topological polar surface area (TPSA) is 33.3 Å². The summed E-state index contributed by atoms with van der Waals surface area (Å²) in [6, 6.07) is 6.46. The zero-order valence-electron chi connectivity index (χ0n) is 10.8. The first kappa shape index (κ1) is 14.0. The summed E-state index contributed by atoms with van der Waals surface area (Å²) in [5.74, 6) is 0. The van der Waals surface area contributed by atoms with Gasteiger partial charge in [-0.25, -0.2) is 0 Å². The molecule has 0 radical (unpaired) electrons. The number of rotatable bonds is 5. The van der Waals surface area contributed by atoms with Crippen molar-refractivity contribution in [2.45, 2.75) is 19.4 Å². The second-order valence-corrected chi connectivity index (χ2v) is 5.64. The molecule has 1 unspecified atom stereocenters. The SMILES string of the molecule is Cc1ccc(Br)cc1CCNCC1CNCCO1. The molecule has 0 bridgehead atoms. The molecule has 1 atom stereocenters. The minimum Gasteiger partial charge on any atom is -0.374 e. The first-order valence-corrected chi connectivity index (χ1v) is 7.33. The summed E-state index contributed by atoms with van der Waals surface area (Å²) in [6.07, 6.45) is 1.38. The summed E-state index contributed by atoms with van der Waals surface area (Å²) in [4.78, 5) is 0. The van der Waals surface area contributed by atoms with E-state index in [-0.39, 0.29) is 0 Å². The van der Waals surface area contributed by atoms with Gasteiger partial charge in [0.1, 0.15) is 0 Å². The molecule has 1 heterocycles. The van der Waals surface area contributed by atoms with Gasteiger partial charge < -0.3 is 15.4 Å². The number of hydrogen-bond donors (Lipinski definition) is 2. The minimum absolute atomic E-state index is 0.322. The second-order valence-electron chi connectivity index (χ2n) is 4.72. The van der Waals surface area contributed by atoms with E-state index in [2.05, 4.69) is 51.7 Å². The summed E-state index contributed by atoms with van der Waals surface area (Å²) in [5, 5.41) is 6.81.